The molecule has 0 heterocycles. The second kappa shape index (κ2) is 6.06. The van der Waals surface area contributed by atoms with E-state index in [4.69, 9.17) is 11.6 Å². The standard InChI is InChI=1S/C16H19ClN2O2/c17-14-5-3-11(4-6-14)16(21)19-18-15(20)9-13-8-10-1-2-12(13)7-10/h3-6,10,12-13H,1-2,7-9H2,(H,18,20)(H,19,21)/t10-,12-,13-/m1/s1. The molecule has 0 spiro atoms. The van der Waals surface area contributed by atoms with Gasteiger partial charge in [0, 0.05) is 17.0 Å². The Morgan fingerprint density at radius 3 is 2.48 bits per heavy atom. The third-order valence-corrected chi connectivity index (χ3v) is 5.01. The Kier molecular flexibility index (Phi) is 4.15. The lowest BCUT2D eigenvalue weighted by Gasteiger charge is -2.20. The molecule has 0 unspecified atom stereocenters. The zero-order valence-corrected chi connectivity index (χ0v) is 12.5. The summed E-state index contributed by atoms with van der Waals surface area (Å²) in [5.74, 6) is 1.61. The Morgan fingerprint density at radius 2 is 1.86 bits per heavy atom. The van der Waals surface area contributed by atoms with Crippen molar-refractivity contribution in [2.45, 2.75) is 32.1 Å². The van der Waals surface area contributed by atoms with Crippen molar-refractivity contribution in [2.24, 2.45) is 17.8 Å². The van der Waals surface area contributed by atoms with Crippen molar-refractivity contribution in [1.82, 2.24) is 10.9 Å². The van der Waals surface area contributed by atoms with E-state index < -0.39 is 0 Å². The number of amides is 2. The van der Waals surface area contributed by atoms with Gasteiger partial charge in [-0.05, 0) is 61.3 Å². The molecule has 2 bridgehead atoms. The van der Waals surface area contributed by atoms with Gasteiger partial charge >= 0.3 is 0 Å². The van der Waals surface area contributed by atoms with Gasteiger partial charge in [0.1, 0.15) is 0 Å². The monoisotopic (exact) mass is 306 g/mol. The third kappa shape index (κ3) is 3.38. The molecule has 0 aliphatic heterocycles. The summed E-state index contributed by atoms with van der Waals surface area (Å²) in [5.41, 5.74) is 5.44. The Morgan fingerprint density at radius 1 is 1.10 bits per heavy atom. The van der Waals surface area contributed by atoms with Crippen LogP contribution in [-0.2, 0) is 4.79 Å². The zero-order chi connectivity index (χ0) is 14.8. The van der Waals surface area contributed by atoms with Gasteiger partial charge in [0.05, 0.1) is 0 Å². The Hall–Kier alpha value is -1.55. The van der Waals surface area contributed by atoms with Crippen LogP contribution in [0.15, 0.2) is 24.3 Å². The van der Waals surface area contributed by atoms with Gasteiger partial charge in [-0.15, -0.1) is 0 Å². The third-order valence-electron chi connectivity index (χ3n) is 4.75. The number of fused-ring (bicyclic) bond motifs is 2. The molecule has 1 aromatic carbocycles. The van der Waals surface area contributed by atoms with Gasteiger partial charge in [0.15, 0.2) is 0 Å². The molecular formula is C16H19ClN2O2. The maximum atomic E-state index is 11.9. The molecule has 2 saturated carbocycles. The summed E-state index contributed by atoms with van der Waals surface area (Å²) >= 11 is 5.77. The van der Waals surface area contributed by atoms with Crippen LogP contribution in [0.3, 0.4) is 0 Å². The minimum absolute atomic E-state index is 0.102. The molecule has 2 aliphatic rings. The van der Waals surface area contributed by atoms with Crippen LogP contribution in [0.2, 0.25) is 5.02 Å². The van der Waals surface area contributed by atoms with Crippen LogP contribution in [0.25, 0.3) is 0 Å². The van der Waals surface area contributed by atoms with E-state index in [-0.39, 0.29) is 11.8 Å². The van der Waals surface area contributed by atoms with Crippen molar-refractivity contribution in [3.05, 3.63) is 34.9 Å². The van der Waals surface area contributed by atoms with Crippen molar-refractivity contribution in [1.29, 1.82) is 0 Å². The number of halogens is 1. The number of carbonyl (C=O) groups excluding carboxylic acids is 2. The molecule has 2 aliphatic carbocycles. The molecule has 112 valence electrons. The van der Waals surface area contributed by atoms with E-state index in [1.165, 1.54) is 25.7 Å². The van der Waals surface area contributed by atoms with Crippen LogP contribution in [-0.4, -0.2) is 11.8 Å². The lowest BCUT2D eigenvalue weighted by atomic mass is 9.86. The average Bonchev–Trinajstić information content (AvgIpc) is 3.08. The Labute approximate surface area is 129 Å². The molecular weight excluding hydrogens is 288 g/mol. The van der Waals surface area contributed by atoms with Gasteiger partial charge in [0.2, 0.25) is 5.91 Å². The minimum atomic E-state index is -0.326. The largest absolute Gasteiger partial charge is 0.273 e. The van der Waals surface area contributed by atoms with Crippen molar-refractivity contribution in [3.63, 3.8) is 0 Å². The van der Waals surface area contributed by atoms with E-state index >= 15 is 0 Å². The number of hydrogen-bond donors (Lipinski definition) is 2. The Balaban J connectivity index is 1.45. The SMILES string of the molecule is O=C(C[C@H]1C[C@@H]2CC[C@@H]1C2)NNC(=O)c1ccc(Cl)cc1. The van der Waals surface area contributed by atoms with Gasteiger partial charge in [-0.25, -0.2) is 0 Å². The summed E-state index contributed by atoms with van der Waals surface area (Å²) in [6.07, 6.45) is 5.57. The first-order valence-corrected chi connectivity index (χ1v) is 7.84. The second-order valence-electron chi connectivity index (χ2n) is 6.15. The van der Waals surface area contributed by atoms with Crippen LogP contribution >= 0.6 is 11.6 Å². The number of rotatable bonds is 3. The quantitative estimate of drug-likeness (QED) is 0.844. The highest BCUT2D eigenvalue weighted by atomic mass is 35.5. The molecule has 2 N–H and O–H groups in total. The molecule has 4 nitrogen and oxygen atoms in total. The summed E-state index contributed by atoms with van der Waals surface area (Å²) in [4.78, 5) is 23.8. The predicted octanol–water partition coefficient (Wildman–Crippen LogP) is 2.93. The minimum Gasteiger partial charge on any atom is -0.273 e. The topological polar surface area (TPSA) is 58.2 Å². The lowest BCUT2D eigenvalue weighted by molar-refractivity contribution is -0.123. The van der Waals surface area contributed by atoms with E-state index in [2.05, 4.69) is 10.9 Å². The van der Waals surface area contributed by atoms with Gasteiger partial charge in [-0.2, -0.15) is 0 Å². The van der Waals surface area contributed by atoms with Crippen molar-refractivity contribution < 1.29 is 9.59 Å². The first-order valence-electron chi connectivity index (χ1n) is 7.46. The maximum absolute atomic E-state index is 11.9. The molecule has 5 heteroatoms. The fourth-order valence-corrected chi connectivity index (χ4v) is 3.84. The molecule has 0 aromatic heterocycles. The molecule has 0 radical (unpaired) electrons. The van der Waals surface area contributed by atoms with Gasteiger partial charge < -0.3 is 0 Å². The molecule has 3 rings (SSSR count). The summed E-state index contributed by atoms with van der Waals surface area (Å²) in [6, 6.07) is 6.54. The Bertz CT molecular complexity index is 544. The fraction of sp³-hybridized carbons (Fsp3) is 0.500. The van der Waals surface area contributed by atoms with E-state index in [1.807, 2.05) is 0 Å². The van der Waals surface area contributed by atoms with Crippen molar-refractivity contribution in [3.8, 4) is 0 Å². The van der Waals surface area contributed by atoms with Crippen molar-refractivity contribution in [2.75, 3.05) is 0 Å². The summed E-state index contributed by atoms with van der Waals surface area (Å²) < 4.78 is 0. The van der Waals surface area contributed by atoms with Crippen LogP contribution in [0.4, 0.5) is 0 Å². The van der Waals surface area contributed by atoms with Crippen LogP contribution in [0, 0.1) is 17.8 Å². The molecule has 0 saturated heterocycles. The predicted molar refractivity (Wildman–Crippen MR) is 80.6 cm³/mol. The molecule has 2 fully saturated rings. The number of benzene rings is 1. The lowest BCUT2D eigenvalue weighted by Crippen LogP contribution is -2.42. The van der Waals surface area contributed by atoms with Gasteiger partial charge in [0.25, 0.3) is 5.91 Å². The molecule has 2 amide bonds. The summed E-state index contributed by atoms with van der Waals surface area (Å²) in [6.45, 7) is 0. The summed E-state index contributed by atoms with van der Waals surface area (Å²) in [5, 5.41) is 0.576. The average molecular weight is 307 g/mol. The highest BCUT2D eigenvalue weighted by molar-refractivity contribution is 6.30. The van der Waals surface area contributed by atoms with Crippen molar-refractivity contribution >= 4 is 23.4 Å². The van der Waals surface area contributed by atoms with Crippen LogP contribution in [0.1, 0.15) is 42.5 Å². The van der Waals surface area contributed by atoms with E-state index in [1.54, 1.807) is 24.3 Å². The first-order chi connectivity index (χ1) is 10.1. The van der Waals surface area contributed by atoms with E-state index in [0.717, 1.165) is 5.92 Å². The van der Waals surface area contributed by atoms with E-state index in [0.29, 0.717) is 28.8 Å². The maximum Gasteiger partial charge on any atom is 0.269 e. The highest BCUT2D eigenvalue weighted by Gasteiger charge is 2.40. The van der Waals surface area contributed by atoms with Crippen LogP contribution in [0.5, 0.6) is 0 Å². The number of carbonyl (C=O) groups is 2. The second-order valence-corrected chi connectivity index (χ2v) is 6.58. The number of hydrazine groups is 1. The molecule has 1 aromatic rings. The number of nitrogens with one attached hydrogen (secondary N) is 2. The first kappa shape index (κ1) is 14.4. The van der Waals surface area contributed by atoms with Gasteiger partial charge in [-0.1, -0.05) is 18.0 Å². The smallest absolute Gasteiger partial charge is 0.269 e. The van der Waals surface area contributed by atoms with Gasteiger partial charge in [-0.3, -0.25) is 20.4 Å². The fourth-order valence-electron chi connectivity index (χ4n) is 3.72. The summed E-state index contributed by atoms with van der Waals surface area (Å²) in [7, 11) is 0. The molecule has 21 heavy (non-hydrogen) atoms. The van der Waals surface area contributed by atoms with Crippen LogP contribution < -0.4 is 10.9 Å². The molecule has 3 atom stereocenters. The highest BCUT2D eigenvalue weighted by Crippen LogP contribution is 2.49. The zero-order valence-electron chi connectivity index (χ0n) is 11.8. The normalized spacial score (nSPS) is 26.6. The van der Waals surface area contributed by atoms with E-state index in [9.17, 15) is 9.59 Å². The number of hydrogen-bond acceptors (Lipinski definition) is 2.